The van der Waals surface area contributed by atoms with Crippen LogP contribution in [-0.4, -0.2) is 77.5 Å². The molecule has 5 rings (SSSR count). The van der Waals surface area contributed by atoms with Gasteiger partial charge < -0.3 is 20.1 Å². The van der Waals surface area contributed by atoms with Crippen molar-refractivity contribution in [3.8, 4) is 11.4 Å². The Balaban J connectivity index is 1.33. The summed E-state index contributed by atoms with van der Waals surface area (Å²) in [5, 5.41) is 13.1. The van der Waals surface area contributed by atoms with Crippen molar-refractivity contribution < 1.29 is 23.1 Å². The normalized spacial score (nSPS) is 17.8. The average Bonchev–Trinajstić information content (AvgIpc) is 2.94. The number of hydrogen-bond donors (Lipinski definition) is 2. The SMILES string of the molecule is C[C@H]1CN(c2cccc(-c3ccc4cnc(CNC(=O)c5cncc(S(C)(=O)=O)c5)cc4n3)n2)C[C@@H](CO)O1. The second kappa shape index (κ2) is 11.0. The first kappa shape index (κ1) is 26.6. The van der Waals surface area contributed by atoms with Crippen molar-refractivity contribution in [2.75, 3.05) is 30.9 Å². The molecule has 202 valence electrons. The van der Waals surface area contributed by atoms with Crippen LogP contribution in [0.15, 0.2) is 66.0 Å². The number of rotatable bonds is 7. The molecule has 1 aliphatic rings. The minimum absolute atomic E-state index is 0.0218. The molecule has 0 bridgehead atoms. The topological polar surface area (TPSA) is 147 Å². The van der Waals surface area contributed by atoms with E-state index in [9.17, 15) is 18.3 Å². The van der Waals surface area contributed by atoms with Crippen LogP contribution in [-0.2, 0) is 21.1 Å². The van der Waals surface area contributed by atoms with E-state index in [0.29, 0.717) is 35.7 Å². The highest BCUT2D eigenvalue weighted by Gasteiger charge is 2.25. The molecule has 0 saturated carbocycles. The molecule has 11 nitrogen and oxygen atoms in total. The summed E-state index contributed by atoms with van der Waals surface area (Å²) in [5.41, 5.74) is 2.82. The van der Waals surface area contributed by atoms with Crippen LogP contribution in [0.4, 0.5) is 5.82 Å². The highest BCUT2D eigenvalue weighted by Crippen LogP contribution is 2.24. The fourth-order valence-electron chi connectivity index (χ4n) is 4.39. The van der Waals surface area contributed by atoms with Crippen molar-refractivity contribution >= 4 is 32.5 Å². The fraction of sp³-hybridized carbons (Fsp3) is 0.296. The largest absolute Gasteiger partial charge is 0.394 e. The number of nitrogens with one attached hydrogen (secondary N) is 1. The lowest BCUT2D eigenvalue weighted by Crippen LogP contribution is -2.48. The zero-order chi connectivity index (χ0) is 27.6. The summed E-state index contributed by atoms with van der Waals surface area (Å²) in [7, 11) is -3.48. The first-order chi connectivity index (χ1) is 18.7. The highest BCUT2D eigenvalue weighted by molar-refractivity contribution is 7.90. The predicted octanol–water partition coefficient (Wildman–Crippen LogP) is 2.01. The Bertz CT molecular complexity index is 1630. The van der Waals surface area contributed by atoms with Crippen molar-refractivity contribution in [3.05, 3.63) is 72.3 Å². The van der Waals surface area contributed by atoms with Gasteiger partial charge in [-0.2, -0.15) is 0 Å². The number of ether oxygens (including phenoxy) is 1. The Kier molecular flexibility index (Phi) is 7.51. The van der Waals surface area contributed by atoms with Gasteiger partial charge in [0.05, 0.1) is 58.4 Å². The number of amides is 1. The summed E-state index contributed by atoms with van der Waals surface area (Å²) in [6, 6.07) is 12.7. The number of anilines is 1. The minimum Gasteiger partial charge on any atom is -0.394 e. The molecular formula is C27H28N6O5S. The molecular weight excluding hydrogens is 520 g/mol. The lowest BCUT2D eigenvalue weighted by molar-refractivity contribution is -0.0422. The maximum absolute atomic E-state index is 12.6. The lowest BCUT2D eigenvalue weighted by Gasteiger charge is -2.36. The van der Waals surface area contributed by atoms with Gasteiger partial charge in [-0.15, -0.1) is 0 Å². The Morgan fingerprint density at radius 2 is 1.92 bits per heavy atom. The van der Waals surface area contributed by atoms with E-state index in [1.165, 1.54) is 18.5 Å². The second-order valence-electron chi connectivity index (χ2n) is 9.47. The number of pyridine rings is 4. The van der Waals surface area contributed by atoms with Gasteiger partial charge in [0.1, 0.15) is 5.82 Å². The Hall–Kier alpha value is -4.00. The van der Waals surface area contributed by atoms with Crippen LogP contribution in [0.2, 0.25) is 0 Å². The third-order valence-electron chi connectivity index (χ3n) is 6.31. The Morgan fingerprint density at radius 3 is 2.72 bits per heavy atom. The Labute approximate surface area is 225 Å². The number of sulfone groups is 1. The van der Waals surface area contributed by atoms with Crippen molar-refractivity contribution in [1.29, 1.82) is 0 Å². The van der Waals surface area contributed by atoms with Crippen LogP contribution in [0, 0.1) is 0 Å². The number of hydrogen-bond acceptors (Lipinski definition) is 10. The summed E-state index contributed by atoms with van der Waals surface area (Å²) >= 11 is 0. The number of nitrogens with zero attached hydrogens (tertiary/aromatic N) is 5. The van der Waals surface area contributed by atoms with Gasteiger partial charge in [0, 0.05) is 43.3 Å². The number of carbonyl (C=O) groups is 1. The molecule has 4 aromatic heterocycles. The molecule has 2 N–H and O–H groups in total. The van der Waals surface area contributed by atoms with Gasteiger partial charge in [-0.1, -0.05) is 6.07 Å². The van der Waals surface area contributed by atoms with E-state index in [1.54, 1.807) is 12.3 Å². The molecule has 12 heteroatoms. The van der Waals surface area contributed by atoms with Gasteiger partial charge in [-0.25, -0.2) is 18.4 Å². The van der Waals surface area contributed by atoms with Gasteiger partial charge >= 0.3 is 0 Å². The summed E-state index contributed by atoms with van der Waals surface area (Å²) < 4.78 is 29.3. The van der Waals surface area contributed by atoms with E-state index in [0.717, 1.165) is 17.5 Å². The van der Waals surface area contributed by atoms with Crippen LogP contribution < -0.4 is 10.2 Å². The molecule has 0 spiro atoms. The van der Waals surface area contributed by atoms with Crippen molar-refractivity contribution in [1.82, 2.24) is 25.3 Å². The third kappa shape index (κ3) is 6.19. The molecule has 0 aliphatic carbocycles. The van der Waals surface area contributed by atoms with Crippen molar-refractivity contribution in [2.45, 2.75) is 30.6 Å². The Morgan fingerprint density at radius 1 is 1.10 bits per heavy atom. The first-order valence-corrected chi connectivity index (χ1v) is 14.3. The minimum atomic E-state index is -3.48. The van der Waals surface area contributed by atoms with E-state index in [1.807, 2.05) is 37.3 Å². The number of aromatic nitrogens is 4. The summed E-state index contributed by atoms with van der Waals surface area (Å²) in [4.78, 5) is 32.6. The maximum Gasteiger partial charge on any atom is 0.253 e. The van der Waals surface area contributed by atoms with Gasteiger partial charge in [-0.05, 0) is 43.3 Å². The van der Waals surface area contributed by atoms with Gasteiger partial charge in [-0.3, -0.25) is 14.8 Å². The average molecular weight is 549 g/mol. The van der Waals surface area contributed by atoms with Gasteiger partial charge in [0.2, 0.25) is 0 Å². The summed E-state index contributed by atoms with van der Waals surface area (Å²) in [6.45, 7) is 3.28. The molecule has 4 aromatic rings. The fourth-order valence-corrected chi connectivity index (χ4v) is 4.98. The van der Waals surface area contributed by atoms with E-state index in [2.05, 4.69) is 20.2 Å². The molecule has 2 atom stereocenters. The van der Waals surface area contributed by atoms with E-state index in [-0.39, 0.29) is 35.8 Å². The van der Waals surface area contributed by atoms with E-state index >= 15 is 0 Å². The molecule has 1 fully saturated rings. The predicted molar refractivity (Wildman–Crippen MR) is 145 cm³/mol. The molecule has 1 aliphatic heterocycles. The summed E-state index contributed by atoms with van der Waals surface area (Å²) in [6.07, 6.45) is 4.99. The zero-order valence-electron chi connectivity index (χ0n) is 21.5. The molecule has 0 aromatic carbocycles. The number of aliphatic hydroxyl groups excluding tert-OH is 1. The zero-order valence-corrected chi connectivity index (χ0v) is 22.3. The standard InChI is InChI=1S/C27H28N6O5S/c1-17-14-33(15-21(16-34)38-17)26-5-3-4-23(32-26)24-7-6-18-11-29-20(9-25(18)31-24)12-30-27(35)19-8-22(13-28-10-19)39(2,36)37/h3-11,13,17,21,34H,12,14-16H2,1-2H3,(H,30,35)/t17-,21-/m0/s1. The maximum atomic E-state index is 12.6. The van der Waals surface area contributed by atoms with Crippen LogP contribution in [0.1, 0.15) is 23.0 Å². The van der Waals surface area contributed by atoms with Crippen molar-refractivity contribution in [3.63, 3.8) is 0 Å². The first-order valence-electron chi connectivity index (χ1n) is 12.4. The van der Waals surface area contributed by atoms with Gasteiger partial charge in [0.25, 0.3) is 5.91 Å². The smallest absolute Gasteiger partial charge is 0.253 e. The summed E-state index contributed by atoms with van der Waals surface area (Å²) in [5.74, 6) is 0.328. The lowest BCUT2D eigenvalue weighted by atomic mass is 10.1. The van der Waals surface area contributed by atoms with Crippen LogP contribution >= 0.6 is 0 Å². The molecule has 0 radical (unpaired) electrons. The molecule has 1 saturated heterocycles. The van der Waals surface area contributed by atoms with E-state index in [4.69, 9.17) is 14.7 Å². The molecule has 1 amide bonds. The van der Waals surface area contributed by atoms with Gasteiger partial charge in [0.15, 0.2) is 9.84 Å². The second-order valence-corrected chi connectivity index (χ2v) is 11.5. The van der Waals surface area contributed by atoms with Crippen molar-refractivity contribution in [2.24, 2.45) is 0 Å². The molecule has 5 heterocycles. The quantitative estimate of drug-likeness (QED) is 0.351. The number of aliphatic hydroxyl groups is 1. The molecule has 0 unspecified atom stereocenters. The number of fused-ring (bicyclic) bond motifs is 1. The van der Waals surface area contributed by atoms with E-state index < -0.39 is 15.7 Å². The van der Waals surface area contributed by atoms with Crippen LogP contribution in [0.3, 0.4) is 0 Å². The van der Waals surface area contributed by atoms with Crippen LogP contribution in [0.25, 0.3) is 22.3 Å². The number of morpholine rings is 1. The van der Waals surface area contributed by atoms with Crippen LogP contribution in [0.5, 0.6) is 0 Å². The monoisotopic (exact) mass is 548 g/mol. The molecule has 39 heavy (non-hydrogen) atoms. The highest BCUT2D eigenvalue weighted by atomic mass is 32.2. The number of carbonyl (C=O) groups excluding carboxylic acids is 1. The third-order valence-corrected chi connectivity index (χ3v) is 7.39.